The van der Waals surface area contributed by atoms with Crippen LogP contribution >= 0.6 is 11.8 Å². The van der Waals surface area contributed by atoms with Gasteiger partial charge in [-0.25, -0.2) is 4.21 Å². The fourth-order valence-corrected chi connectivity index (χ4v) is 1.28. The van der Waals surface area contributed by atoms with Crippen molar-refractivity contribution in [3.63, 3.8) is 0 Å². The predicted molar refractivity (Wildman–Crippen MR) is 39.0 cm³/mol. The van der Waals surface area contributed by atoms with E-state index in [4.69, 9.17) is 11.8 Å². The number of rotatable bonds is 0. The van der Waals surface area contributed by atoms with Crippen molar-refractivity contribution < 1.29 is 4.21 Å². The van der Waals surface area contributed by atoms with E-state index in [0.29, 0.717) is 6.54 Å². The van der Waals surface area contributed by atoms with Crippen LogP contribution in [0, 0.1) is 0 Å². The molecular formula is C5H6ClNOS. The number of allylic oxidation sites excluding steroid dienone is 2. The lowest BCUT2D eigenvalue weighted by Gasteiger charge is -2.03. The summed E-state index contributed by atoms with van der Waals surface area (Å²) in [5.74, 6) is 0. The minimum atomic E-state index is -1.15. The summed E-state index contributed by atoms with van der Waals surface area (Å²) < 4.78 is 12.0. The lowest BCUT2D eigenvalue weighted by molar-refractivity contribution is 0.652. The summed E-state index contributed by atoms with van der Waals surface area (Å²) in [7, 11) is -1.15. The quantitative estimate of drug-likeness (QED) is 0.492. The predicted octanol–water partition coefficient (Wildman–Crippen LogP) is 1.19. The van der Waals surface area contributed by atoms with Gasteiger partial charge in [-0.2, -0.15) is 0 Å². The van der Waals surface area contributed by atoms with Gasteiger partial charge in [-0.3, -0.25) is 0 Å². The first kappa shape index (κ1) is 6.99. The van der Waals surface area contributed by atoms with Crippen molar-refractivity contribution in [1.82, 2.24) is 3.82 Å². The van der Waals surface area contributed by atoms with E-state index in [1.54, 1.807) is 6.08 Å². The second kappa shape index (κ2) is 3.15. The Morgan fingerprint density at radius 1 is 1.56 bits per heavy atom. The van der Waals surface area contributed by atoms with E-state index < -0.39 is 11.0 Å². The Kier molecular flexibility index (Phi) is 2.45. The molecule has 0 aromatic heterocycles. The average Bonchev–Trinajstić information content (AvgIpc) is 1.99. The van der Waals surface area contributed by atoms with Gasteiger partial charge in [0.25, 0.3) is 0 Å². The second-order valence-corrected chi connectivity index (χ2v) is 3.41. The topological polar surface area (TPSA) is 20.3 Å². The van der Waals surface area contributed by atoms with Crippen LogP contribution in [0.5, 0.6) is 0 Å². The van der Waals surface area contributed by atoms with Crippen molar-refractivity contribution in [2.45, 2.75) is 0 Å². The van der Waals surface area contributed by atoms with Crippen LogP contribution in [0.15, 0.2) is 23.6 Å². The summed E-state index contributed by atoms with van der Waals surface area (Å²) in [6.45, 7) is 0.529. The summed E-state index contributed by atoms with van der Waals surface area (Å²) in [5, 5.41) is 1.54. The molecule has 0 radical (unpaired) electrons. The zero-order valence-electron chi connectivity index (χ0n) is 4.66. The molecule has 0 fully saturated rings. The smallest absolute Gasteiger partial charge is 0.134 e. The first-order valence-corrected chi connectivity index (χ1v) is 3.99. The zero-order chi connectivity index (χ0) is 6.69. The number of hydrogen-bond acceptors (Lipinski definition) is 1. The van der Waals surface area contributed by atoms with Gasteiger partial charge in [-0.05, 0) is 11.8 Å². The highest BCUT2D eigenvalue weighted by molar-refractivity contribution is 7.86. The molecule has 0 bridgehead atoms. The molecule has 1 aliphatic heterocycles. The van der Waals surface area contributed by atoms with Crippen LogP contribution < -0.4 is 0 Å². The van der Waals surface area contributed by atoms with Crippen molar-refractivity contribution in [2.75, 3.05) is 6.54 Å². The molecule has 4 heteroatoms. The number of hydrogen-bond donors (Lipinski definition) is 0. The van der Waals surface area contributed by atoms with Crippen molar-refractivity contribution >= 4 is 22.8 Å². The molecule has 0 aromatic carbocycles. The number of halogens is 1. The van der Waals surface area contributed by atoms with E-state index in [2.05, 4.69) is 0 Å². The van der Waals surface area contributed by atoms with Crippen LogP contribution in [0.25, 0.3) is 0 Å². The average molecular weight is 164 g/mol. The molecule has 1 unspecified atom stereocenters. The first-order chi connectivity index (χ1) is 4.30. The van der Waals surface area contributed by atoms with E-state index in [-0.39, 0.29) is 0 Å². The minimum Gasteiger partial charge on any atom is -0.237 e. The van der Waals surface area contributed by atoms with Gasteiger partial charge in [0, 0.05) is 12.0 Å². The first-order valence-electron chi connectivity index (χ1n) is 2.48. The molecule has 0 aliphatic carbocycles. The van der Waals surface area contributed by atoms with Crippen LogP contribution in [0.4, 0.5) is 0 Å². The van der Waals surface area contributed by atoms with Gasteiger partial charge in [0.2, 0.25) is 0 Å². The Morgan fingerprint density at radius 2 is 2.33 bits per heavy atom. The number of nitrogens with zero attached hydrogens (tertiary/aromatic N) is 1. The zero-order valence-corrected chi connectivity index (χ0v) is 6.23. The maximum atomic E-state index is 10.8. The summed E-state index contributed by atoms with van der Waals surface area (Å²) >= 11 is 5.50. The van der Waals surface area contributed by atoms with E-state index >= 15 is 0 Å². The van der Waals surface area contributed by atoms with Crippen molar-refractivity contribution in [3.8, 4) is 0 Å². The third-order valence-corrected chi connectivity index (χ3v) is 2.36. The Bertz CT molecular complexity index is 178. The van der Waals surface area contributed by atoms with Crippen molar-refractivity contribution in [2.24, 2.45) is 0 Å². The molecule has 1 heterocycles. The van der Waals surface area contributed by atoms with Gasteiger partial charge < -0.3 is 0 Å². The van der Waals surface area contributed by atoms with Gasteiger partial charge in [0.15, 0.2) is 0 Å². The molecule has 1 atom stereocenters. The summed E-state index contributed by atoms with van der Waals surface area (Å²) in [5.41, 5.74) is 0. The monoisotopic (exact) mass is 163 g/mol. The Balaban J connectivity index is 2.69. The van der Waals surface area contributed by atoms with Gasteiger partial charge in [-0.1, -0.05) is 18.2 Å². The molecule has 0 amide bonds. The van der Waals surface area contributed by atoms with Crippen LogP contribution in [-0.4, -0.2) is 14.6 Å². The molecule has 1 aliphatic rings. The second-order valence-electron chi connectivity index (χ2n) is 1.53. The molecule has 0 N–H and O–H groups in total. The SMILES string of the molecule is O=S1C=CC=CCN1Cl. The molecule has 2 nitrogen and oxygen atoms in total. The van der Waals surface area contributed by atoms with Gasteiger partial charge in [0.05, 0.1) is 0 Å². The Labute approximate surface area is 61.5 Å². The minimum absolute atomic E-state index is 0.529. The molecule has 0 saturated heterocycles. The normalized spacial score (nSPS) is 28.3. The largest absolute Gasteiger partial charge is 0.237 e. The van der Waals surface area contributed by atoms with Crippen LogP contribution in [-0.2, 0) is 11.0 Å². The molecule has 0 spiro atoms. The highest BCUT2D eigenvalue weighted by atomic mass is 35.5. The fraction of sp³-hybridized carbons (Fsp3) is 0.200. The van der Waals surface area contributed by atoms with E-state index in [9.17, 15) is 4.21 Å². The highest BCUT2D eigenvalue weighted by Gasteiger charge is 2.04. The molecule has 1 rings (SSSR count). The standard InChI is InChI=1S/C5H6ClNOS/c6-7-4-2-1-3-5-9(7)8/h1-3,5H,4H2. The third kappa shape index (κ3) is 1.93. The van der Waals surface area contributed by atoms with E-state index in [1.807, 2.05) is 12.2 Å². The van der Waals surface area contributed by atoms with E-state index in [1.165, 1.54) is 9.23 Å². The fourth-order valence-electron chi connectivity index (χ4n) is 0.474. The van der Waals surface area contributed by atoms with E-state index in [0.717, 1.165) is 0 Å². The lowest BCUT2D eigenvalue weighted by Crippen LogP contribution is -2.11. The molecular weight excluding hydrogens is 158 g/mol. The maximum Gasteiger partial charge on any atom is 0.134 e. The molecule has 0 aromatic rings. The van der Waals surface area contributed by atoms with Gasteiger partial charge in [0.1, 0.15) is 11.0 Å². The molecule has 50 valence electrons. The Morgan fingerprint density at radius 3 is 3.11 bits per heavy atom. The highest BCUT2D eigenvalue weighted by Crippen LogP contribution is 2.04. The van der Waals surface area contributed by atoms with Gasteiger partial charge in [-0.15, -0.1) is 3.82 Å². The molecule has 0 saturated carbocycles. The van der Waals surface area contributed by atoms with Crippen molar-refractivity contribution in [1.29, 1.82) is 0 Å². The Hall–Kier alpha value is -0.120. The van der Waals surface area contributed by atoms with Gasteiger partial charge >= 0.3 is 0 Å². The maximum absolute atomic E-state index is 10.8. The van der Waals surface area contributed by atoms with Crippen LogP contribution in [0.1, 0.15) is 0 Å². The summed E-state index contributed by atoms with van der Waals surface area (Å²) in [4.78, 5) is 0. The van der Waals surface area contributed by atoms with Crippen LogP contribution in [0.3, 0.4) is 0 Å². The van der Waals surface area contributed by atoms with Crippen LogP contribution in [0.2, 0.25) is 0 Å². The van der Waals surface area contributed by atoms with Crippen molar-refractivity contribution in [3.05, 3.63) is 23.6 Å². The third-order valence-electron chi connectivity index (χ3n) is 0.886. The summed E-state index contributed by atoms with van der Waals surface area (Å²) in [6.07, 6.45) is 5.38. The lowest BCUT2D eigenvalue weighted by atomic mass is 10.5. The summed E-state index contributed by atoms with van der Waals surface area (Å²) in [6, 6.07) is 0. The molecule has 9 heavy (non-hydrogen) atoms.